The van der Waals surface area contributed by atoms with E-state index in [1.54, 1.807) is 0 Å². The zero-order valence-electron chi connectivity index (χ0n) is 36.4. The van der Waals surface area contributed by atoms with Gasteiger partial charge in [-0.2, -0.15) is 0 Å². The van der Waals surface area contributed by atoms with Crippen molar-refractivity contribution < 1.29 is 0 Å². The molecule has 10 aromatic carbocycles. The Morgan fingerprint density at radius 1 is 0.355 bits per heavy atom. The number of rotatable bonds is 6. The van der Waals surface area contributed by atoms with Gasteiger partial charge in [-0.05, 0) is 103 Å². The number of hydrogen-bond donors (Lipinski definition) is 0. The fourth-order valence-electron chi connectivity index (χ4n) is 9.78. The van der Waals surface area contributed by atoms with Crippen LogP contribution in [0.3, 0.4) is 0 Å². The molecule has 11 rings (SSSR count). The summed E-state index contributed by atoms with van der Waals surface area (Å²) in [5.41, 5.74) is 14.7. The normalized spacial score (nSPS) is 12.4. The van der Waals surface area contributed by atoms with Gasteiger partial charge in [-0.15, -0.1) is 0 Å². The van der Waals surface area contributed by atoms with E-state index >= 15 is 0 Å². The van der Waals surface area contributed by atoms with Crippen molar-refractivity contribution in [2.24, 2.45) is 0 Å². The van der Waals surface area contributed by atoms with E-state index in [-0.39, 0.29) is 10.8 Å². The maximum Gasteiger partial charge on any atom is 0.0541 e. The van der Waals surface area contributed by atoms with Gasteiger partial charge in [-0.1, -0.05) is 193 Å². The topological polar surface area (TPSA) is 8.17 Å². The highest BCUT2D eigenvalue weighted by Gasteiger charge is 2.23. The van der Waals surface area contributed by atoms with E-state index in [0.29, 0.717) is 0 Å². The fraction of sp³-hybridized carbons (Fsp3) is 0.133. The molecule has 0 aliphatic rings. The molecule has 0 aliphatic carbocycles. The van der Waals surface area contributed by atoms with Gasteiger partial charge in [-0.25, -0.2) is 0 Å². The summed E-state index contributed by atoms with van der Waals surface area (Å²) in [6, 6.07) is 72.5. The van der Waals surface area contributed by atoms with Crippen LogP contribution in [0.25, 0.3) is 82.1 Å². The molecule has 0 saturated carbocycles. The van der Waals surface area contributed by atoms with Crippen LogP contribution in [0.15, 0.2) is 194 Å². The summed E-state index contributed by atoms with van der Waals surface area (Å²) < 4.78 is 2.46. The SMILES string of the molecule is CC(C)(C)c1ccc(-c2ccc(N(c3ccccc3-c3ccc(C(C)(C)C)cc3)c3ccc4ccc5c(-n6c7ccccc7c7ccccc76)ccc6ccc3c4c65)cc2)cc1. The fourth-order valence-corrected chi connectivity index (χ4v) is 9.78. The molecule has 0 N–H and O–H groups in total. The summed E-state index contributed by atoms with van der Waals surface area (Å²) in [6.45, 7) is 13.6. The Morgan fingerprint density at radius 3 is 1.42 bits per heavy atom. The van der Waals surface area contributed by atoms with Gasteiger partial charge in [0, 0.05) is 32.8 Å². The van der Waals surface area contributed by atoms with Crippen molar-refractivity contribution in [1.82, 2.24) is 4.57 Å². The summed E-state index contributed by atoms with van der Waals surface area (Å²) in [7, 11) is 0. The summed E-state index contributed by atoms with van der Waals surface area (Å²) in [5, 5.41) is 10.1. The number of fused-ring (bicyclic) bond motifs is 3. The summed E-state index contributed by atoms with van der Waals surface area (Å²) in [6.07, 6.45) is 0. The van der Waals surface area contributed by atoms with Crippen molar-refractivity contribution >= 4 is 71.2 Å². The summed E-state index contributed by atoms with van der Waals surface area (Å²) in [4.78, 5) is 2.49. The molecular weight excluding hydrogens is 749 g/mol. The monoisotopic (exact) mass is 798 g/mol. The molecule has 1 aromatic heterocycles. The first kappa shape index (κ1) is 37.8. The van der Waals surface area contributed by atoms with Crippen molar-refractivity contribution in [1.29, 1.82) is 0 Å². The van der Waals surface area contributed by atoms with Crippen LogP contribution >= 0.6 is 0 Å². The Kier molecular flexibility index (Phi) is 8.67. The van der Waals surface area contributed by atoms with Crippen molar-refractivity contribution in [3.8, 4) is 27.9 Å². The molecule has 2 heteroatoms. The number of nitrogens with zero attached hydrogens (tertiary/aromatic N) is 2. The van der Waals surface area contributed by atoms with E-state index in [1.807, 2.05) is 0 Å². The van der Waals surface area contributed by atoms with Crippen LogP contribution in [0.2, 0.25) is 0 Å². The lowest BCUT2D eigenvalue weighted by atomic mass is 9.86. The minimum absolute atomic E-state index is 0.0715. The van der Waals surface area contributed by atoms with E-state index in [1.165, 1.54) is 93.2 Å². The predicted octanol–water partition coefficient (Wildman–Crippen LogP) is 17.1. The highest BCUT2D eigenvalue weighted by Crippen LogP contribution is 2.48. The van der Waals surface area contributed by atoms with E-state index in [9.17, 15) is 0 Å². The van der Waals surface area contributed by atoms with E-state index in [0.717, 1.165) is 17.1 Å². The molecule has 11 aromatic rings. The van der Waals surface area contributed by atoms with Gasteiger partial charge < -0.3 is 9.47 Å². The van der Waals surface area contributed by atoms with Gasteiger partial charge in [-0.3, -0.25) is 0 Å². The molecule has 62 heavy (non-hydrogen) atoms. The highest BCUT2D eigenvalue weighted by molar-refractivity contribution is 6.27. The Hall–Kier alpha value is -7.16. The van der Waals surface area contributed by atoms with Crippen molar-refractivity contribution in [2.75, 3.05) is 4.90 Å². The van der Waals surface area contributed by atoms with Gasteiger partial charge in [0.2, 0.25) is 0 Å². The number of anilines is 3. The number of benzene rings is 10. The van der Waals surface area contributed by atoms with Crippen molar-refractivity contribution in [2.45, 2.75) is 52.4 Å². The molecule has 0 radical (unpaired) electrons. The first-order chi connectivity index (χ1) is 30.0. The van der Waals surface area contributed by atoms with Crippen molar-refractivity contribution in [3.63, 3.8) is 0 Å². The van der Waals surface area contributed by atoms with Crippen LogP contribution in [0.4, 0.5) is 17.1 Å². The Balaban J connectivity index is 1.13. The Labute approximate surface area is 364 Å². The molecule has 0 spiro atoms. The second-order valence-electron chi connectivity index (χ2n) is 19.0. The molecule has 0 bridgehead atoms. The molecule has 1 heterocycles. The average molecular weight is 799 g/mol. The second kappa shape index (κ2) is 14.2. The third kappa shape index (κ3) is 6.16. The first-order valence-corrected chi connectivity index (χ1v) is 21.9. The number of aromatic nitrogens is 1. The minimum Gasteiger partial charge on any atom is -0.309 e. The van der Waals surface area contributed by atoms with Crippen LogP contribution in [-0.4, -0.2) is 4.57 Å². The molecule has 300 valence electrons. The van der Waals surface area contributed by atoms with Crippen LogP contribution in [-0.2, 0) is 10.8 Å². The van der Waals surface area contributed by atoms with Crippen LogP contribution in [0.1, 0.15) is 52.7 Å². The standard InChI is InChI=1S/C60H50N2/c1-59(2,3)44-29-19-39(20-30-44)40-23-33-46(34-24-40)61(52-16-10-7-13-47(52)41-21-31-45(32-22-41)60(4,5)6)55-37-27-42-26-36-51-56(38-28-43-25-35-50(55)57(42)58(43)51)62-53-17-11-8-14-48(53)49-15-9-12-18-54(49)62/h7-38H,1-6H3. The van der Waals surface area contributed by atoms with Crippen LogP contribution < -0.4 is 4.90 Å². The molecule has 2 nitrogen and oxygen atoms in total. The molecule has 0 aliphatic heterocycles. The van der Waals surface area contributed by atoms with Gasteiger partial charge in [0.1, 0.15) is 0 Å². The van der Waals surface area contributed by atoms with Gasteiger partial charge in [0.15, 0.2) is 0 Å². The highest BCUT2D eigenvalue weighted by atomic mass is 15.1. The second-order valence-corrected chi connectivity index (χ2v) is 19.0. The third-order valence-electron chi connectivity index (χ3n) is 13.1. The maximum atomic E-state index is 2.49. The zero-order valence-corrected chi connectivity index (χ0v) is 36.4. The summed E-state index contributed by atoms with van der Waals surface area (Å²) >= 11 is 0. The molecule has 0 unspecified atom stereocenters. The third-order valence-corrected chi connectivity index (χ3v) is 13.1. The van der Waals surface area contributed by atoms with Gasteiger partial charge in [0.25, 0.3) is 0 Å². The lowest BCUT2D eigenvalue weighted by Crippen LogP contribution is -2.12. The first-order valence-electron chi connectivity index (χ1n) is 21.9. The van der Waals surface area contributed by atoms with Crippen molar-refractivity contribution in [3.05, 3.63) is 205 Å². The Morgan fingerprint density at radius 2 is 0.823 bits per heavy atom. The smallest absolute Gasteiger partial charge is 0.0541 e. The van der Waals surface area contributed by atoms with Gasteiger partial charge in [0.05, 0.1) is 28.1 Å². The quantitative estimate of drug-likeness (QED) is 0.152. The van der Waals surface area contributed by atoms with Crippen LogP contribution in [0.5, 0.6) is 0 Å². The maximum absolute atomic E-state index is 2.49. The Bertz CT molecular complexity index is 3390. The molecule has 0 fully saturated rings. The lowest BCUT2D eigenvalue weighted by Gasteiger charge is -2.30. The number of hydrogen-bond acceptors (Lipinski definition) is 1. The lowest BCUT2D eigenvalue weighted by molar-refractivity contribution is 0.590. The van der Waals surface area contributed by atoms with Crippen LogP contribution in [0, 0.1) is 0 Å². The average Bonchev–Trinajstić information content (AvgIpc) is 3.63. The van der Waals surface area contributed by atoms with E-state index in [4.69, 9.17) is 0 Å². The number of para-hydroxylation sites is 3. The molecule has 0 atom stereocenters. The predicted molar refractivity (Wildman–Crippen MR) is 267 cm³/mol. The largest absolute Gasteiger partial charge is 0.309 e. The summed E-state index contributed by atoms with van der Waals surface area (Å²) in [5.74, 6) is 0. The molecule has 0 saturated heterocycles. The minimum atomic E-state index is 0.0715. The van der Waals surface area contributed by atoms with E-state index < -0.39 is 0 Å². The zero-order chi connectivity index (χ0) is 42.3. The van der Waals surface area contributed by atoms with Gasteiger partial charge >= 0.3 is 0 Å². The molecular formula is C60H50N2. The van der Waals surface area contributed by atoms with E-state index in [2.05, 4.69) is 245 Å². The molecule has 0 amide bonds.